The molecule has 0 saturated carbocycles. The maximum Gasteiger partial charge on any atom is 0.233 e. The van der Waals surface area contributed by atoms with Crippen molar-refractivity contribution in [2.75, 3.05) is 0 Å². The molecule has 0 fully saturated rings. The molecule has 2 N–H and O–H groups in total. The van der Waals surface area contributed by atoms with E-state index in [9.17, 15) is 0 Å². The molecule has 1 aromatic rings. The van der Waals surface area contributed by atoms with E-state index in [0.717, 1.165) is 0 Å². The van der Waals surface area contributed by atoms with Crippen molar-refractivity contribution >= 4 is 0 Å². The van der Waals surface area contributed by atoms with Crippen LogP contribution in [0.2, 0.25) is 0 Å². The van der Waals surface area contributed by atoms with E-state index in [2.05, 4.69) is 31.0 Å². The standard InChI is InChI=1S/C10H19N3O/c1-6(2)8-12-13-9(14-8)7(11)10(3,4)5/h6-7H,11H2,1-5H3/t7-/m0/s1. The summed E-state index contributed by atoms with van der Waals surface area (Å²) in [4.78, 5) is 0. The van der Waals surface area contributed by atoms with Crippen molar-refractivity contribution < 1.29 is 4.42 Å². The number of hydrogen-bond donors (Lipinski definition) is 1. The van der Waals surface area contributed by atoms with Gasteiger partial charge in [0.1, 0.15) is 0 Å². The van der Waals surface area contributed by atoms with Crippen molar-refractivity contribution in [1.82, 2.24) is 10.2 Å². The molecule has 0 aliphatic heterocycles. The fourth-order valence-corrected chi connectivity index (χ4v) is 0.976. The molecule has 4 nitrogen and oxygen atoms in total. The van der Waals surface area contributed by atoms with Crippen molar-refractivity contribution in [3.8, 4) is 0 Å². The second-order valence-electron chi connectivity index (χ2n) is 4.98. The number of rotatable bonds is 2. The fourth-order valence-electron chi connectivity index (χ4n) is 0.976. The number of hydrogen-bond acceptors (Lipinski definition) is 4. The minimum absolute atomic E-state index is 0.0548. The van der Waals surface area contributed by atoms with E-state index in [4.69, 9.17) is 10.2 Å². The Labute approximate surface area is 84.9 Å². The van der Waals surface area contributed by atoms with E-state index in [0.29, 0.717) is 11.8 Å². The molecule has 0 spiro atoms. The van der Waals surface area contributed by atoms with Gasteiger partial charge in [-0.25, -0.2) is 0 Å². The first-order chi connectivity index (χ1) is 6.32. The Morgan fingerprint density at radius 1 is 1.14 bits per heavy atom. The molecule has 0 saturated heterocycles. The summed E-state index contributed by atoms with van der Waals surface area (Å²) in [6.07, 6.45) is 0. The van der Waals surface area contributed by atoms with Crippen molar-refractivity contribution in [1.29, 1.82) is 0 Å². The van der Waals surface area contributed by atoms with Gasteiger partial charge in [-0.3, -0.25) is 0 Å². The van der Waals surface area contributed by atoms with E-state index in [1.165, 1.54) is 0 Å². The van der Waals surface area contributed by atoms with E-state index in [1.807, 2.05) is 13.8 Å². The summed E-state index contributed by atoms with van der Waals surface area (Å²) in [6, 6.07) is -0.206. The van der Waals surface area contributed by atoms with Crippen molar-refractivity contribution in [3.05, 3.63) is 11.8 Å². The monoisotopic (exact) mass is 197 g/mol. The molecule has 80 valence electrons. The van der Waals surface area contributed by atoms with Crippen LogP contribution in [0.3, 0.4) is 0 Å². The van der Waals surface area contributed by atoms with E-state index in [-0.39, 0.29) is 17.4 Å². The van der Waals surface area contributed by atoms with Gasteiger partial charge in [-0.15, -0.1) is 10.2 Å². The third kappa shape index (κ3) is 2.32. The Morgan fingerprint density at radius 3 is 2.00 bits per heavy atom. The Kier molecular flexibility index (Phi) is 2.95. The average molecular weight is 197 g/mol. The Hall–Kier alpha value is -0.900. The van der Waals surface area contributed by atoms with Gasteiger partial charge in [0, 0.05) is 5.92 Å². The lowest BCUT2D eigenvalue weighted by Crippen LogP contribution is -2.26. The molecular formula is C10H19N3O. The first-order valence-electron chi connectivity index (χ1n) is 4.91. The van der Waals surface area contributed by atoms with Crippen LogP contribution in [0.4, 0.5) is 0 Å². The molecular weight excluding hydrogens is 178 g/mol. The van der Waals surface area contributed by atoms with Gasteiger partial charge in [0.25, 0.3) is 0 Å². The van der Waals surface area contributed by atoms with Crippen molar-refractivity contribution in [2.45, 2.75) is 46.6 Å². The van der Waals surface area contributed by atoms with Crippen LogP contribution in [0.15, 0.2) is 4.42 Å². The summed E-state index contributed by atoms with van der Waals surface area (Å²) >= 11 is 0. The highest BCUT2D eigenvalue weighted by Crippen LogP contribution is 2.30. The van der Waals surface area contributed by atoms with Gasteiger partial charge < -0.3 is 10.2 Å². The summed E-state index contributed by atoms with van der Waals surface area (Å²) in [7, 11) is 0. The summed E-state index contributed by atoms with van der Waals surface area (Å²) in [5, 5.41) is 7.92. The van der Waals surface area contributed by atoms with Crippen LogP contribution in [-0.2, 0) is 0 Å². The highest BCUT2D eigenvalue weighted by atomic mass is 16.4. The van der Waals surface area contributed by atoms with Gasteiger partial charge in [-0.2, -0.15) is 0 Å². The first kappa shape index (κ1) is 11.2. The van der Waals surface area contributed by atoms with Crippen LogP contribution in [0.5, 0.6) is 0 Å². The van der Waals surface area contributed by atoms with Gasteiger partial charge >= 0.3 is 0 Å². The maximum atomic E-state index is 5.99. The third-order valence-electron chi connectivity index (χ3n) is 2.15. The molecule has 0 radical (unpaired) electrons. The Balaban J connectivity index is 2.87. The Morgan fingerprint density at radius 2 is 1.64 bits per heavy atom. The van der Waals surface area contributed by atoms with Crippen LogP contribution < -0.4 is 5.73 Å². The highest BCUT2D eigenvalue weighted by Gasteiger charge is 2.27. The number of aromatic nitrogens is 2. The van der Waals surface area contributed by atoms with Crippen LogP contribution in [0, 0.1) is 5.41 Å². The molecule has 0 amide bonds. The van der Waals surface area contributed by atoms with Crippen LogP contribution in [0.25, 0.3) is 0 Å². The summed E-state index contributed by atoms with van der Waals surface area (Å²) in [5.41, 5.74) is 5.93. The second kappa shape index (κ2) is 3.69. The van der Waals surface area contributed by atoms with E-state index < -0.39 is 0 Å². The zero-order valence-corrected chi connectivity index (χ0v) is 9.53. The summed E-state index contributed by atoms with van der Waals surface area (Å²) in [6.45, 7) is 10.2. The normalized spacial score (nSPS) is 14.8. The SMILES string of the molecule is CC(C)c1nnc([C@H](N)C(C)(C)C)o1. The molecule has 0 bridgehead atoms. The quantitative estimate of drug-likeness (QED) is 0.789. The smallest absolute Gasteiger partial charge is 0.233 e. The molecule has 14 heavy (non-hydrogen) atoms. The topological polar surface area (TPSA) is 64.9 Å². The number of nitrogens with zero attached hydrogens (tertiary/aromatic N) is 2. The first-order valence-corrected chi connectivity index (χ1v) is 4.91. The summed E-state index contributed by atoms with van der Waals surface area (Å²) < 4.78 is 5.49. The van der Waals surface area contributed by atoms with Gasteiger partial charge in [-0.1, -0.05) is 34.6 Å². The lowest BCUT2D eigenvalue weighted by atomic mass is 9.87. The maximum absolute atomic E-state index is 5.99. The van der Waals surface area contributed by atoms with Gasteiger partial charge in [-0.05, 0) is 5.41 Å². The lowest BCUT2D eigenvalue weighted by Gasteiger charge is -2.23. The van der Waals surface area contributed by atoms with E-state index >= 15 is 0 Å². The van der Waals surface area contributed by atoms with Crippen LogP contribution >= 0.6 is 0 Å². The minimum Gasteiger partial charge on any atom is -0.423 e. The molecule has 0 unspecified atom stereocenters. The zero-order valence-electron chi connectivity index (χ0n) is 9.53. The van der Waals surface area contributed by atoms with Crippen molar-refractivity contribution in [2.24, 2.45) is 11.1 Å². The molecule has 1 atom stereocenters. The molecule has 1 rings (SSSR count). The molecule has 0 aromatic carbocycles. The van der Waals surface area contributed by atoms with Crippen LogP contribution in [-0.4, -0.2) is 10.2 Å². The number of nitrogens with two attached hydrogens (primary N) is 1. The minimum atomic E-state index is -0.206. The lowest BCUT2D eigenvalue weighted by molar-refractivity contribution is 0.270. The summed E-state index contributed by atoms with van der Waals surface area (Å²) in [5.74, 6) is 1.43. The molecule has 0 aliphatic carbocycles. The van der Waals surface area contributed by atoms with Crippen LogP contribution in [0.1, 0.15) is 58.4 Å². The van der Waals surface area contributed by atoms with Gasteiger partial charge in [0.15, 0.2) is 0 Å². The molecule has 0 aliphatic rings. The molecule has 1 aromatic heterocycles. The average Bonchev–Trinajstić information content (AvgIpc) is 2.48. The predicted molar refractivity (Wildman–Crippen MR) is 54.8 cm³/mol. The van der Waals surface area contributed by atoms with Gasteiger partial charge in [0.2, 0.25) is 11.8 Å². The third-order valence-corrected chi connectivity index (χ3v) is 2.15. The van der Waals surface area contributed by atoms with E-state index in [1.54, 1.807) is 0 Å². The molecule has 4 heteroatoms. The fraction of sp³-hybridized carbons (Fsp3) is 0.800. The van der Waals surface area contributed by atoms with Gasteiger partial charge in [0.05, 0.1) is 6.04 Å². The highest BCUT2D eigenvalue weighted by molar-refractivity contribution is 4.96. The second-order valence-corrected chi connectivity index (χ2v) is 4.98. The largest absolute Gasteiger partial charge is 0.423 e. The molecule has 1 heterocycles. The van der Waals surface area contributed by atoms with Crippen molar-refractivity contribution in [3.63, 3.8) is 0 Å². The zero-order chi connectivity index (χ0) is 10.9. The Bertz CT molecular complexity index is 299. The predicted octanol–water partition coefficient (Wildman–Crippen LogP) is 2.24.